The van der Waals surface area contributed by atoms with Gasteiger partial charge in [-0.15, -0.1) is 0 Å². The summed E-state index contributed by atoms with van der Waals surface area (Å²) in [5.74, 6) is -9.37. The lowest BCUT2D eigenvalue weighted by molar-refractivity contribution is -0.159. The van der Waals surface area contributed by atoms with Crippen molar-refractivity contribution in [1.82, 2.24) is 0 Å². The third-order valence-corrected chi connectivity index (χ3v) is 3.63. The van der Waals surface area contributed by atoms with Gasteiger partial charge in [0.1, 0.15) is 0 Å². The van der Waals surface area contributed by atoms with Crippen molar-refractivity contribution in [2.75, 3.05) is 0 Å². The van der Waals surface area contributed by atoms with Gasteiger partial charge in [0.2, 0.25) is 0 Å². The lowest BCUT2D eigenvalue weighted by atomic mass is 9.97. The zero-order chi connectivity index (χ0) is 20.9. The quantitative estimate of drug-likeness (QED) is 0.230. The maximum Gasteiger partial charge on any atom is 0.328 e. The largest absolute Gasteiger partial charge is 0.504 e. The van der Waals surface area contributed by atoms with Gasteiger partial charge in [0.25, 0.3) is 0 Å². The third-order valence-electron chi connectivity index (χ3n) is 3.63. The van der Waals surface area contributed by atoms with Crippen LogP contribution in [0.4, 0.5) is 0 Å². The first-order valence-corrected chi connectivity index (χ1v) is 7.86. The van der Waals surface area contributed by atoms with Crippen molar-refractivity contribution >= 4 is 23.9 Å². The molecule has 10 nitrogen and oxygen atoms in total. The molecule has 0 aromatic heterocycles. The van der Waals surface area contributed by atoms with Crippen molar-refractivity contribution < 1.29 is 49.4 Å². The number of aliphatic carboxylic acids is 3. The third kappa shape index (κ3) is 5.96. The average molecular weight is 384 g/mol. The molecule has 10 heteroatoms. The minimum absolute atomic E-state index is 0.240. The van der Waals surface area contributed by atoms with Crippen LogP contribution in [-0.4, -0.2) is 55.5 Å². The van der Waals surface area contributed by atoms with Gasteiger partial charge >= 0.3 is 23.9 Å². The highest BCUT2D eigenvalue weighted by Gasteiger charge is 2.37. The van der Waals surface area contributed by atoms with Crippen molar-refractivity contribution in [1.29, 1.82) is 0 Å². The van der Waals surface area contributed by atoms with E-state index in [9.17, 15) is 29.4 Å². The van der Waals surface area contributed by atoms with E-state index in [-0.39, 0.29) is 22.8 Å². The number of phenolic OH excluding ortho intramolecular Hbond substituents is 1. The van der Waals surface area contributed by atoms with E-state index in [2.05, 4.69) is 0 Å². The van der Waals surface area contributed by atoms with E-state index in [0.717, 1.165) is 6.07 Å². The van der Waals surface area contributed by atoms with Gasteiger partial charge in [-0.25, -0.2) is 0 Å². The number of phenols is 1. The zero-order valence-electron chi connectivity index (χ0n) is 14.6. The highest BCUT2D eigenvalue weighted by atomic mass is 16.5. The number of carbonyl (C=O) groups excluding carboxylic acids is 1. The Morgan fingerprint density at radius 3 is 2.07 bits per heavy atom. The number of aliphatic hydroxyl groups excluding tert-OH is 1. The standard InChI is InChI=1S/C17H20O10/c1-7(2)9-3-8(5-12(20)21)4-11(19)15(9)27-17(26)14(16(24)25)10(18)6-13(22)23/h3-4,7,10,14,18-19H,5-6H2,1-2H3,(H,20,21)(H,22,23)(H,24,25). The van der Waals surface area contributed by atoms with Crippen molar-refractivity contribution in [3.63, 3.8) is 0 Å². The fourth-order valence-electron chi connectivity index (χ4n) is 2.40. The molecule has 27 heavy (non-hydrogen) atoms. The van der Waals surface area contributed by atoms with Crippen LogP contribution in [0, 0.1) is 5.92 Å². The van der Waals surface area contributed by atoms with Crippen LogP contribution < -0.4 is 4.74 Å². The fourth-order valence-corrected chi connectivity index (χ4v) is 2.40. The highest BCUT2D eigenvalue weighted by molar-refractivity contribution is 5.96. The molecule has 0 aliphatic carbocycles. The number of carbonyl (C=O) groups is 4. The SMILES string of the molecule is CC(C)c1cc(CC(=O)O)cc(O)c1OC(=O)C(C(=O)O)C(O)CC(=O)O. The van der Waals surface area contributed by atoms with Crippen LogP contribution in [0.2, 0.25) is 0 Å². The highest BCUT2D eigenvalue weighted by Crippen LogP contribution is 2.37. The van der Waals surface area contributed by atoms with Gasteiger partial charge in [-0.3, -0.25) is 19.2 Å². The summed E-state index contributed by atoms with van der Waals surface area (Å²) in [6.07, 6.45) is -3.42. The van der Waals surface area contributed by atoms with Crippen LogP contribution in [0.25, 0.3) is 0 Å². The van der Waals surface area contributed by atoms with Crippen LogP contribution in [0.5, 0.6) is 11.5 Å². The Morgan fingerprint density at radius 2 is 1.63 bits per heavy atom. The number of esters is 1. The van der Waals surface area contributed by atoms with Gasteiger partial charge in [0, 0.05) is 5.56 Å². The molecule has 2 atom stereocenters. The molecule has 0 saturated carbocycles. The van der Waals surface area contributed by atoms with Crippen molar-refractivity contribution in [2.24, 2.45) is 5.92 Å². The number of ether oxygens (including phenoxy) is 1. The van der Waals surface area contributed by atoms with Gasteiger partial charge in [-0.1, -0.05) is 19.9 Å². The second kappa shape index (κ2) is 8.99. The van der Waals surface area contributed by atoms with Gasteiger partial charge in [0.05, 0.1) is 18.9 Å². The van der Waals surface area contributed by atoms with Crippen LogP contribution in [0.15, 0.2) is 12.1 Å². The first kappa shape index (κ1) is 21.9. The summed E-state index contributed by atoms with van der Waals surface area (Å²) in [7, 11) is 0. The minimum atomic E-state index is -2.18. The predicted molar refractivity (Wildman–Crippen MR) is 88.6 cm³/mol. The monoisotopic (exact) mass is 384 g/mol. The first-order valence-electron chi connectivity index (χ1n) is 7.86. The number of benzene rings is 1. The molecule has 0 aliphatic heterocycles. The summed E-state index contributed by atoms with van der Waals surface area (Å²) < 4.78 is 4.95. The Balaban J connectivity index is 3.24. The smallest absolute Gasteiger partial charge is 0.328 e. The Kier molecular flexibility index (Phi) is 7.29. The van der Waals surface area contributed by atoms with Crippen molar-refractivity contribution in [3.05, 3.63) is 23.3 Å². The van der Waals surface area contributed by atoms with Crippen LogP contribution in [0.1, 0.15) is 37.3 Å². The second-order valence-corrected chi connectivity index (χ2v) is 6.16. The topological polar surface area (TPSA) is 179 Å². The van der Waals surface area contributed by atoms with E-state index in [1.807, 2.05) is 0 Å². The normalized spacial score (nSPS) is 13.0. The summed E-state index contributed by atoms with van der Waals surface area (Å²) in [4.78, 5) is 44.9. The van der Waals surface area contributed by atoms with E-state index in [1.54, 1.807) is 13.8 Å². The number of rotatable bonds is 9. The molecule has 5 N–H and O–H groups in total. The van der Waals surface area contributed by atoms with E-state index in [0.29, 0.717) is 0 Å². The second-order valence-electron chi connectivity index (χ2n) is 6.16. The number of aromatic hydroxyl groups is 1. The first-order chi connectivity index (χ1) is 12.4. The molecule has 0 amide bonds. The van der Waals surface area contributed by atoms with Crippen LogP contribution in [0.3, 0.4) is 0 Å². The lowest BCUT2D eigenvalue weighted by Crippen LogP contribution is -2.39. The molecular weight excluding hydrogens is 364 g/mol. The summed E-state index contributed by atoms with van der Waals surface area (Å²) in [5.41, 5.74) is 0.487. The molecule has 0 aliphatic rings. The maximum absolute atomic E-state index is 12.2. The minimum Gasteiger partial charge on any atom is -0.504 e. The number of carboxylic acid groups (broad SMARTS) is 3. The predicted octanol–water partition coefficient (Wildman–Crippen LogP) is 0.585. The summed E-state index contributed by atoms with van der Waals surface area (Å²) in [6.45, 7) is 3.34. The van der Waals surface area contributed by atoms with Crippen LogP contribution >= 0.6 is 0 Å². The molecule has 1 rings (SSSR count). The Hall–Kier alpha value is -3.14. The maximum atomic E-state index is 12.2. The Bertz CT molecular complexity index is 752. The molecule has 0 radical (unpaired) electrons. The summed E-state index contributed by atoms with van der Waals surface area (Å²) in [6, 6.07) is 2.45. The van der Waals surface area contributed by atoms with E-state index >= 15 is 0 Å². The molecule has 0 heterocycles. The Labute approximate surface area is 153 Å². The fraction of sp³-hybridized carbons (Fsp3) is 0.412. The molecule has 1 aromatic carbocycles. The molecule has 1 aromatic rings. The molecule has 0 bridgehead atoms. The number of aliphatic hydroxyl groups is 1. The molecule has 148 valence electrons. The lowest BCUT2D eigenvalue weighted by Gasteiger charge is -2.20. The van der Waals surface area contributed by atoms with E-state index < -0.39 is 54.5 Å². The van der Waals surface area contributed by atoms with Gasteiger partial charge in [-0.05, 0) is 17.5 Å². The number of hydrogen-bond donors (Lipinski definition) is 5. The number of hydrogen-bond acceptors (Lipinski definition) is 7. The van der Waals surface area contributed by atoms with Gasteiger partial charge in [-0.2, -0.15) is 0 Å². The van der Waals surface area contributed by atoms with Crippen LogP contribution in [-0.2, 0) is 25.6 Å². The summed E-state index contributed by atoms with van der Waals surface area (Å²) >= 11 is 0. The van der Waals surface area contributed by atoms with E-state index in [4.69, 9.17) is 20.1 Å². The molecule has 2 unspecified atom stereocenters. The Morgan fingerprint density at radius 1 is 1.04 bits per heavy atom. The molecular formula is C17H20O10. The molecule has 0 spiro atoms. The van der Waals surface area contributed by atoms with Crippen molar-refractivity contribution in [3.8, 4) is 11.5 Å². The van der Waals surface area contributed by atoms with Gasteiger partial charge in [0.15, 0.2) is 17.4 Å². The van der Waals surface area contributed by atoms with Gasteiger partial charge < -0.3 is 30.3 Å². The summed E-state index contributed by atoms with van der Waals surface area (Å²) in [5, 5.41) is 46.4. The van der Waals surface area contributed by atoms with Crippen molar-refractivity contribution in [2.45, 2.75) is 38.7 Å². The molecule has 0 saturated heterocycles. The zero-order valence-corrected chi connectivity index (χ0v) is 14.6. The average Bonchev–Trinajstić information content (AvgIpc) is 2.47. The van der Waals surface area contributed by atoms with E-state index in [1.165, 1.54) is 6.07 Å². The number of carboxylic acids is 3. The molecule has 0 fully saturated rings.